The predicted octanol–water partition coefficient (Wildman–Crippen LogP) is 2.76. The number of nitrogens with zero attached hydrogens (tertiary/aromatic N) is 1. The maximum Gasteiger partial charge on any atom is 0.245 e. The number of amides is 1. The first kappa shape index (κ1) is 14.1. The van der Waals surface area contributed by atoms with Crippen LogP contribution in [-0.2, 0) is 27.0 Å². The lowest BCUT2D eigenvalue weighted by atomic mass is 10.2. The summed E-state index contributed by atoms with van der Waals surface area (Å²) in [7, 11) is -3.80. The molecule has 1 aliphatic rings. The van der Waals surface area contributed by atoms with Crippen LogP contribution in [0.15, 0.2) is 48.5 Å². The number of hydrogen-bond donors (Lipinski definition) is 0. The SMILES string of the molecule is O=C1Cc2ccccc2N1S(=O)(=O)Cc1ccccc1Cl. The van der Waals surface area contributed by atoms with Gasteiger partial charge in [0.1, 0.15) is 0 Å². The monoisotopic (exact) mass is 321 g/mol. The van der Waals surface area contributed by atoms with E-state index >= 15 is 0 Å². The zero-order valence-electron chi connectivity index (χ0n) is 11.0. The third-order valence-electron chi connectivity index (χ3n) is 3.35. The second-order valence-electron chi connectivity index (χ2n) is 4.81. The number of carbonyl (C=O) groups is 1. The average molecular weight is 322 g/mol. The molecule has 0 radical (unpaired) electrons. The quantitative estimate of drug-likeness (QED) is 0.873. The predicted molar refractivity (Wildman–Crippen MR) is 81.7 cm³/mol. The summed E-state index contributed by atoms with van der Waals surface area (Å²) in [6.07, 6.45) is 0.109. The molecule has 2 aromatic rings. The van der Waals surface area contributed by atoms with Crippen molar-refractivity contribution in [1.29, 1.82) is 0 Å². The second kappa shape index (κ2) is 5.16. The Bertz CT molecular complexity index is 817. The number of anilines is 1. The number of halogens is 1. The minimum Gasteiger partial charge on any atom is -0.273 e. The summed E-state index contributed by atoms with van der Waals surface area (Å²) < 4.78 is 26.0. The Morgan fingerprint density at radius 3 is 2.48 bits per heavy atom. The van der Waals surface area contributed by atoms with Gasteiger partial charge in [0.15, 0.2) is 0 Å². The van der Waals surface area contributed by atoms with Crippen LogP contribution in [0.5, 0.6) is 0 Å². The summed E-state index contributed by atoms with van der Waals surface area (Å²) in [4.78, 5) is 12.1. The highest BCUT2D eigenvalue weighted by molar-refractivity contribution is 7.92. The molecule has 0 unspecified atom stereocenters. The van der Waals surface area contributed by atoms with Crippen LogP contribution in [0.4, 0.5) is 5.69 Å². The molecule has 108 valence electrons. The lowest BCUT2D eigenvalue weighted by molar-refractivity contribution is -0.116. The van der Waals surface area contributed by atoms with Crippen LogP contribution in [0.2, 0.25) is 5.02 Å². The average Bonchev–Trinajstić information content (AvgIpc) is 2.77. The first-order valence-electron chi connectivity index (χ1n) is 6.36. The van der Waals surface area contributed by atoms with E-state index in [-0.39, 0.29) is 12.2 Å². The van der Waals surface area contributed by atoms with Crippen molar-refractivity contribution in [2.45, 2.75) is 12.2 Å². The van der Waals surface area contributed by atoms with E-state index in [9.17, 15) is 13.2 Å². The summed E-state index contributed by atoms with van der Waals surface area (Å²) in [6, 6.07) is 13.6. The van der Waals surface area contributed by atoms with Crippen molar-refractivity contribution in [1.82, 2.24) is 0 Å². The Kier molecular flexibility index (Phi) is 3.47. The van der Waals surface area contributed by atoms with Crippen molar-refractivity contribution in [3.8, 4) is 0 Å². The van der Waals surface area contributed by atoms with E-state index in [1.807, 2.05) is 0 Å². The van der Waals surface area contributed by atoms with E-state index in [1.165, 1.54) is 0 Å². The van der Waals surface area contributed by atoms with E-state index in [2.05, 4.69) is 0 Å². The zero-order valence-corrected chi connectivity index (χ0v) is 12.6. The van der Waals surface area contributed by atoms with Crippen LogP contribution in [-0.4, -0.2) is 14.3 Å². The molecule has 0 aromatic heterocycles. The third kappa shape index (κ3) is 2.54. The first-order valence-corrected chi connectivity index (χ1v) is 8.35. The Balaban J connectivity index is 2.00. The van der Waals surface area contributed by atoms with Gasteiger partial charge in [-0.25, -0.2) is 12.7 Å². The van der Waals surface area contributed by atoms with Crippen molar-refractivity contribution < 1.29 is 13.2 Å². The van der Waals surface area contributed by atoms with Gasteiger partial charge in [0.05, 0.1) is 17.9 Å². The molecule has 1 amide bonds. The molecule has 0 aliphatic carbocycles. The number of carbonyl (C=O) groups excluding carboxylic acids is 1. The van der Waals surface area contributed by atoms with Gasteiger partial charge in [-0.1, -0.05) is 48.0 Å². The molecular weight excluding hydrogens is 310 g/mol. The van der Waals surface area contributed by atoms with Gasteiger partial charge in [0.25, 0.3) is 0 Å². The van der Waals surface area contributed by atoms with E-state index < -0.39 is 15.9 Å². The number of benzene rings is 2. The van der Waals surface area contributed by atoms with Crippen LogP contribution in [0, 0.1) is 0 Å². The molecule has 1 heterocycles. The van der Waals surface area contributed by atoms with Gasteiger partial charge in [-0.15, -0.1) is 0 Å². The van der Waals surface area contributed by atoms with Gasteiger partial charge in [0, 0.05) is 5.02 Å². The molecule has 1 aliphatic heterocycles. The standard InChI is InChI=1S/C15H12ClNO3S/c16-13-7-3-1-6-12(13)10-21(19,20)17-14-8-4-2-5-11(14)9-15(17)18/h1-8H,9-10H2. The van der Waals surface area contributed by atoms with Crippen molar-refractivity contribution >= 4 is 33.2 Å². The molecule has 6 heteroatoms. The summed E-state index contributed by atoms with van der Waals surface area (Å²) in [5, 5.41) is 0.376. The molecule has 0 fully saturated rings. The fourth-order valence-corrected chi connectivity index (χ4v) is 4.32. The van der Waals surface area contributed by atoms with Crippen LogP contribution in [0.1, 0.15) is 11.1 Å². The molecule has 0 atom stereocenters. The highest BCUT2D eigenvalue weighted by Crippen LogP contribution is 2.32. The van der Waals surface area contributed by atoms with Gasteiger partial charge in [-0.3, -0.25) is 4.79 Å². The Labute approximate surface area is 128 Å². The summed E-state index contributed by atoms with van der Waals surface area (Å²) in [5.41, 5.74) is 1.65. The van der Waals surface area contributed by atoms with Gasteiger partial charge >= 0.3 is 0 Å². The topological polar surface area (TPSA) is 54.5 Å². The molecule has 0 spiro atoms. The van der Waals surface area contributed by atoms with Crippen LogP contribution in [0.25, 0.3) is 0 Å². The van der Waals surface area contributed by atoms with Crippen molar-refractivity contribution in [2.24, 2.45) is 0 Å². The molecule has 4 nitrogen and oxygen atoms in total. The van der Waals surface area contributed by atoms with Gasteiger partial charge < -0.3 is 0 Å². The molecule has 0 saturated heterocycles. The van der Waals surface area contributed by atoms with E-state index in [4.69, 9.17) is 11.6 Å². The van der Waals surface area contributed by atoms with Gasteiger partial charge in [0.2, 0.25) is 15.9 Å². The first-order chi connectivity index (χ1) is 9.99. The number of para-hydroxylation sites is 1. The van der Waals surface area contributed by atoms with E-state index in [1.54, 1.807) is 48.5 Å². The fraction of sp³-hybridized carbons (Fsp3) is 0.133. The van der Waals surface area contributed by atoms with E-state index in [0.29, 0.717) is 16.3 Å². The minimum absolute atomic E-state index is 0.109. The maximum atomic E-state index is 12.6. The molecule has 2 aromatic carbocycles. The van der Waals surface area contributed by atoms with Gasteiger partial charge in [-0.05, 0) is 23.3 Å². The Hall–Kier alpha value is -1.85. The van der Waals surface area contributed by atoms with Crippen LogP contribution >= 0.6 is 11.6 Å². The highest BCUT2D eigenvalue weighted by atomic mass is 35.5. The number of fused-ring (bicyclic) bond motifs is 1. The third-order valence-corrected chi connectivity index (χ3v) is 5.35. The molecule has 3 rings (SSSR count). The number of hydrogen-bond acceptors (Lipinski definition) is 3. The van der Waals surface area contributed by atoms with Crippen LogP contribution < -0.4 is 4.31 Å². The molecule has 0 saturated carbocycles. The Morgan fingerprint density at radius 2 is 1.71 bits per heavy atom. The highest BCUT2D eigenvalue weighted by Gasteiger charge is 2.36. The second-order valence-corrected chi connectivity index (χ2v) is 7.04. The summed E-state index contributed by atoms with van der Waals surface area (Å²) in [6.45, 7) is 0. The smallest absolute Gasteiger partial charge is 0.245 e. The maximum absolute atomic E-state index is 12.6. The normalized spacial score (nSPS) is 14.3. The number of rotatable bonds is 3. The van der Waals surface area contributed by atoms with Gasteiger partial charge in [-0.2, -0.15) is 0 Å². The van der Waals surface area contributed by atoms with Crippen LogP contribution in [0.3, 0.4) is 0 Å². The number of sulfonamides is 1. The molecular formula is C15H12ClNO3S. The summed E-state index contributed by atoms with van der Waals surface area (Å²) >= 11 is 6.01. The molecule has 0 N–H and O–H groups in total. The van der Waals surface area contributed by atoms with E-state index in [0.717, 1.165) is 9.87 Å². The van der Waals surface area contributed by atoms with Crippen molar-refractivity contribution in [3.05, 3.63) is 64.7 Å². The van der Waals surface area contributed by atoms with Crippen molar-refractivity contribution in [3.63, 3.8) is 0 Å². The largest absolute Gasteiger partial charge is 0.273 e. The summed E-state index contributed by atoms with van der Waals surface area (Å²) in [5.74, 6) is -0.726. The molecule has 21 heavy (non-hydrogen) atoms. The lowest BCUT2D eigenvalue weighted by Gasteiger charge is -2.18. The van der Waals surface area contributed by atoms with Crippen molar-refractivity contribution in [2.75, 3.05) is 4.31 Å². The zero-order chi connectivity index (χ0) is 15.0. The Morgan fingerprint density at radius 1 is 1.05 bits per heavy atom. The fourth-order valence-electron chi connectivity index (χ4n) is 2.41. The molecule has 0 bridgehead atoms. The lowest BCUT2D eigenvalue weighted by Crippen LogP contribution is -2.34. The minimum atomic E-state index is -3.80.